The van der Waals surface area contributed by atoms with Crippen molar-refractivity contribution in [3.8, 4) is 0 Å². The van der Waals surface area contributed by atoms with Crippen LogP contribution in [-0.2, 0) is 5.41 Å². The van der Waals surface area contributed by atoms with E-state index >= 15 is 0 Å². The first-order valence-corrected chi connectivity index (χ1v) is 6.91. The fourth-order valence-electron chi connectivity index (χ4n) is 3.90. The van der Waals surface area contributed by atoms with Gasteiger partial charge in [0.15, 0.2) is 11.6 Å². The van der Waals surface area contributed by atoms with E-state index < -0.39 is 17.0 Å². The number of rotatable bonds is 2. The topological polar surface area (TPSA) is 20.2 Å². The molecule has 0 aromatic heterocycles. The zero-order chi connectivity index (χ0) is 14.3. The molecule has 0 spiro atoms. The Morgan fingerprint density at radius 1 is 1.26 bits per heavy atom. The van der Waals surface area contributed by atoms with Gasteiger partial charge in [0.1, 0.15) is 0 Å². The number of aliphatic hydroxyl groups excluding tert-OH is 1. The van der Waals surface area contributed by atoms with Gasteiger partial charge in [-0.15, -0.1) is 0 Å². The standard InChI is InChI=1S/C16H22F2O/c1-11-5-4-8-15(2,3)16(11,10-19)12-6-7-13(17)14(18)9-12/h6-7,9,11,19H,4-5,8,10H2,1-3H3/t11-,16-/m0/s1. The van der Waals surface area contributed by atoms with Crippen LogP contribution in [-0.4, -0.2) is 11.7 Å². The molecule has 1 fully saturated rings. The second-order valence-electron chi connectivity index (χ2n) is 6.44. The second kappa shape index (κ2) is 4.86. The lowest BCUT2D eigenvalue weighted by atomic mass is 9.51. The summed E-state index contributed by atoms with van der Waals surface area (Å²) in [5, 5.41) is 10.0. The van der Waals surface area contributed by atoms with E-state index in [0.717, 1.165) is 19.3 Å². The average Bonchev–Trinajstić information content (AvgIpc) is 2.33. The Bertz CT molecular complexity index is 470. The van der Waals surface area contributed by atoms with Gasteiger partial charge in [-0.1, -0.05) is 33.3 Å². The molecule has 1 aromatic carbocycles. The van der Waals surface area contributed by atoms with E-state index in [1.807, 2.05) is 0 Å². The quantitative estimate of drug-likeness (QED) is 0.858. The lowest BCUT2D eigenvalue weighted by Crippen LogP contribution is -2.52. The Balaban J connectivity index is 2.59. The number of hydrogen-bond donors (Lipinski definition) is 1. The highest BCUT2D eigenvalue weighted by Gasteiger charge is 2.51. The van der Waals surface area contributed by atoms with Crippen LogP contribution in [0.15, 0.2) is 18.2 Å². The molecule has 0 unspecified atom stereocenters. The molecule has 2 rings (SSSR count). The summed E-state index contributed by atoms with van der Waals surface area (Å²) < 4.78 is 26.7. The molecule has 0 aliphatic heterocycles. The minimum absolute atomic E-state index is 0.0355. The molecule has 2 atom stereocenters. The van der Waals surface area contributed by atoms with Gasteiger partial charge in [-0.05, 0) is 41.9 Å². The molecule has 1 aliphatic rings. The SMILES string of the molecule is C[C@H]1CCCC(C)(C)[C@]1(CO)c1ccc(F)c(F)c1. The van der Waals surface area contributed by atoms with Crippen molar-refractivity contribution < 1.29 is 13.9 Å². The molecule has 1 aliphatic carbocycles. The average molecular weight is 268 g/mol. The Kier molecular flexibility index (Phi) is 3.69. The number of aliphatic hydroxyl groups is 1. The van der Waals surface area contributed by atoms with E-state index in [4.69, 9.17) is 0 Å². The van der Waals surface area contributed by atoms with Gasteiger partial charge in [-0.2, -0.15) is 0 Å². The zero-order valence-corrected chi connectivity index (χ0v) is 11.8. The van der Waals surface area contributed by atoms with Crippen LogP contribution in [0.2, 0.25) is 0 Å². The van der Waals surface area contributed by atoms with Crippen LogP contribution in [0.1, 0.15) is 45.6 Å². The van der Waals surface area contributed by atoms with Crippen LogP contribution in [0.5, 0.6) is 0 Å². The van der Waals surface area contributed by atoms with Crippen LogP contribution >= 0.6 is 0 Å². The summed E-state index contributed by atoms with van der Waals surface area (Å²) >= 11 is 0. The molecule has 0 amide bonds. The van der Waals surface area contributed by atoms with E-state index in [1.54, 1.807) is 6.07 Å². The van der Waals surface area contributed by atoms with Crippen molar-refractivity contribution in [2.75, 3.05) is 6.61 Å². The van der Waals surface area contributed by atoms with Crippen molar-refractivity contribution in [2.45, 2.75) is 45.4 Å². The smallest absolute Gasteiger partial charge is 0.159 e. The highest BCUT2D eigenvalue weighted by Crippen LogP contribution is 2.54. The molecule has 0 radical (unpaired) electrons. The monoisotopic (exact) mass is 268 g/mol. The third-order valence-corrected chi connectivity index (χ3v) is 5.17. The van der Waals surface area contributed by atoms with Gasteiger partial charge in [0.05, 0.1) is 6.61 Å². The minimum atomic E-state index is -0.835. The van der Waals surface area contributed by atoms with Crippen molar-refractivity contribution in [1.82, 2.24) is 0 Å². The Morgan fingerprint density at radius 2 is 1.95 bits per heavy atom. The molecule has 0 heterocycles. The first-order chi connectivity index (χ1) is 8.85. The van der Waals surface area contributed by atoms with Crippen LogP contribution in [0.4, 0.5) is 8.78 Å². The Labute approximate surface area is 113 Å². The van der Waals surface area contributed by atoms with Gasteiger partial charge in [-0.25, -0.2) is 8.78 Å². The van der Waals surface area contributed by atoms with Crippen molar-refractivity contribution in [3.05, 3.63) is 35.4 Å². The molecule has 19 heavy (non-hydrogen) atoms. The van der Waals surface area contributed by atoms with Crippen molar-refractivity contribution in [2.24, 2.45) is 11.3 Å². The van der Waals surface area contributed by atoms with Crippen molar-refractivity contribution >= 4 is 0 Å². The van der Waals surface area contributed by atoms with E-state index in [1.165, 1.54) is 12.1 Å². The molecule has 106 valence electrons. The maximum absolute atomic E-state index is 13.6. The van der Waals surface area contributed by atoms with Gasteiger partial charge in [0.2, 0.25) is 0 Å². The summed E-state index contributed by atoms with van der Waals surface area (Å²) in [7, 11) is 0. The normalized spacial score (nSPS) is 30.3. The summed E-state index contributed by atoms with van der Waals surface area (Å²) in [6.45, 7) is 6.28. The minimum Gasteiger partial charge on any atom is -0.395 e. The van der Waals surface area contributed by atoms with Gasteiger partial charge in [0, 0.05) is 5.41 Å². The first kappa shape index (κ1) is 14.4. The van der Waals surface area contributed by atoms with E-state index in [-0.39, 0.29) is 17.9 Å². The number of hydrogen-bond acceptors (Lipinski definition) is 1. The molecule has 0 bridgehead atoms. The van der Waals surface area contributed by atoms with Crippen molar-refractivity contribution in [3.63, 3.8) is 0 Å². The summed E-state index contributed by atoms with van der Waals surface area (Å²) in [5.41, 5.74) is 0.0785. The third-order valence-electron chi connectivity index (χ3n) is 5.17. The lowest BCUT2D eigenvalue weighted by molar-refractivity contribution is -0.00744. The van der Waals surface area contributed by atoms with Crippen LogP contribution in [0.3, 0.4) is 0 Å². The Hall–Kier alpha value is -0.960. The summed E-state index contributed by atoms with van der Waals surface area (Å²) in [6.07, 6.45) is 3.10. The fraction of sp³-hybridized carbons (Fsp3) is 0.625. The van der Waals surface area contributed by atoms with Gasteiger partial charge < -0.3 is 5.11 Å². The summed E-state index contributed by atoms with van der Waals surface area (Å²) in [5.74, 6) is -1.43. The third kappa shape index (κ3) is 2.08. The lowest BCUT2D eigenvalue weighted by Gasteiger charge is -2.54. The first-order valence-electron chi connectivity index (χ1n) is 6.91. The van der Waals surface area contributed by atoms with E-state index in [2.05, 4.69) is 20.8 Å². The summed E-state index contributed by atoms with van der Waals surface area (Å²) in [6, 6.07) is 4.05. The molecular formula is C16H22F2O. The molecular weight excluding hydrogens is 246 g/mol. The number of halogens is 2. The van der Waals surface area contributed by atoms with Crippen LogP contribution < -0.4 is 0 Å². The highest BCUT2D eigenvalue weighted by atomic mass is 19.2. The summed E-state index contributed by atoms with van der Waals surface area (Å²) in [4.78, 5) is 0. The maximum atomic E-state index is 13.6. The second-order valence-corrected chi connectivity index (χ2v) is 6.44. The molecule has 3 heteroatoms. The zero-order valence-electron chi connectivity index (χ0n) is 11.8. The fourth-order valence-corrected chi connectivity index (χ4v) is 3.90. The Morgan fingerprint density at radius 3 is 2.47 bits per heavy atom. The molecule has 1 N–H and O–H groups in total. The van der Waals surface area contributed by atoms with Gasteiger partial charge >= 0.3 is 0 Å². The van der Waals surface area contributed by atoms with Gasteiger partial charge in [0.25, 0.3) is 0 Å². The molecule has 0 saturated heterocycles. The predicted molar refractivity (Wildman–Crippen MR) is 71.9 cm³/mol. The highest BCUT2D eigenvalue weighted by molar-refractivity contribution is 5.31. The maximum Gasteiger partial charge on any atom is 0.159 e. The van der Waals surface area contributed by atoms with Crippen LogP contribution in [0, 0.1) is 23.0 Å². The predicted octanol–water partition coefficient (Wildman–Crippen LogP) is 4.04. The van der Waals surface area contributed by atoms with E-state index in [9.17, 15) is 13.9 Å². The van der Waals surface area contributed by atoms with E-state index in [0.29, 0.717) is 5.56 Å². The molecule has 1 nitrogen and oxygen atoms in total. The van der Waals surface area contributed by atoms with Gasteiger partial charge in [-0.3, -0.25) is 0 Å². The van der Waals surface area contributed by atoms with Crippen molar-refractivity contribution in [1.29, 1.82) is 0 Å². The number of benzene rings is 1. The largest absolute Gasteiger partial charge is 0.395 e. The van der Waals surface area contributed by atoms with Crippen LogP contribution in [0.25, 0.3) is 0 Å². The molecule has 1 aromatic rings. The molecule has 1 saturated carbocycles.